The van der Waals surface area contributed by atoms with Crippen LogP contribution in [0, 0.1) is 0 Å². The van der Waals surface area contributed by atoms with E-state index in [1.54, 1.807) is 18.1 Å². The van der Waals surface area contributed by atoms with Crippen LogP contribution in [0.1, 0.15) is 44.9 Å². The van der Waals surface area contributed by atoms with Gasteiger partial charge in [0.25, 0.3) is 0 Å². The van der Waals surface area contributed by atoms with Gasteiger partial charge in [-0.15, -0.1) is 0 Å². The molecule has 5 heteroatoms. The molecule has 1 aliphatic rings. The molecule has 2 rings (SSSR count). The molecule has 1 aliphatic carbocycles. The largest absolute Gasteiger partial charge is 0.313 e. The molecule has 1 saturated carbocycles. The fourth-order valence-corrected chi connectivity index (χ4v) is 2.99. The summed E-state index contributed by atoms with van der Waals surface area (Å²) in [4.78, 5) is 4.10. The Hall–Kier alpha value is -0.550. The number of nitrogens with one attached hydrogen (secondary N) is 2. The van der Waals surface area contributed by atoms with Gasteiger partial charge in [0, 0.05) is 18.3 Å². The fraction of sp³-hybridized carbons (Fsp3) is 0.833. The number of rotatable bonds is 5. The maximum absolute atomic E-state index is 4.10. The Morgan fingerprint density at radius 3 is 2.71 bits per heavy atom. The zero-order valence-electron chi connectivity index (χ0n) is 10.3. The molecule has 0 atom stereocenters. The normalized spacial score (nSPS) is 18.8. The van der Waals surface area contributed by atoms with Gasteiger partial charge < -0.3 is 5.32 Å². The van der Waals surface area contributed by atoms with E-state index < -0.39 is 0 Å². The highest BCUT2D eigenvalue weighted by Gasteiger charge is 2.10. The second kappa shape index (κ2) is 7.71. The topological polar surface area (TPSA) is 53.6 Å². The van der Waals surface area contributed by atoms with E-state index in [-0.39, 0.29) is 0 Å². The second-order valence-electron chi connectivity index (χ2n) is 4.64. The SMILES string of the molecule is c1n[nH]c(SCCNC2CCCCCCC2)n1. The van der Waals surface area contributed by atoms with Gasteiger partial charge in [0.2, 0.25) is 0 Å². The summed E-state index contributed by atoms with van der Waals surface area (Å²) in [6.07, 6.45) is 11.3. The van der Waals surface area contributed by atoms with Crippen molar-refractivity contribution < 1.29 is 0 Å². The molecule has 96 valence electrons. The number of nitrogens with zero attached hydrogens (tertiary/aromatic N) is 2. The standard InChI is InChI=1S/C12H22N4S/c1-2-4-6-11(7-5-3-1)13-8-9-17-12-14-10-15-16-12/h10-11,13H,1-9H2,(H,14,15,16). The van der Waals surface area contributed by atoms with Crippen LogP contribution in [-0.4, -0.2) is 33.5 Å². The first-order valence-electron chi connectivity index (χ1n) is 6.67. The molecule has 1 aromatic rings. The van der Waals surface area contributed by atoms with Crippen LogP contribution in [0.2, 0.25) is 0 Å². The third-order valence-corrected chi connectivity index (χ3v) is 4.15. The molecule has 0 spiro atoms. The van der Waals surface area contributed by atoms with Crippen molar-refractivity contribution in [1.29, 1.82) is 0 Å². The average Bonchev–Trinajstić information content (AvgIpc) is 2.79. The molecule has 0 amide bonds. The molecule has 4 nitrogen and oxygen atoms in total. The van der Waals surface area contributed by atoms with E-state index in [9.17, 15) is 0 Å². The molecular weight excluding hydrogens is 232 g/mol. The van der Waals surface area contributed by atoms with Gasteiger partial charge in [0.1, 0.15) is 6.33 Å². The molecule has 0 radical (unpaired) electrons. The zero-order valence-corrected chi connectivity index (χ0v) is 11.1. The predicted molar refractivity (Wildman–Crippen MR) is 71.2 cm³/mol. The minimum Gasteiger partial charge on any atom is -0.313 e. The predicted octanol–water partition coefficient (Wildman–Crippen LogP) is 2.60. The Morgan fingerprint density at radius 1 is 1.24 bits per heavy atom. The molecular formula is C12H22N4S. The molecule has 0 aliphatic heterocycles. The van der Waals surface area contributed by atoms with E-state index in [1.807, 2.05) is 0 Å². The van der Waals surface area contributed by atoms with Crippen molar-refractivity contribution in [1.82, 2.24) is 20.5 Å². The van der Waals surface area contributed by atoms with E-state index in [1.165, 1.54) is 44.9 Å². The third kappa shape index (κ3) is 5.08. The Balaban J connectivity index is 1.57. The van der Waals surface area contributed by atoms with E-state index in [4.69, 9.17) is 0 Å². The monoisotopic (exact) mass is 254 g/mol. The molecule has 1 fully saturated rings. The van der Waals surface area contributed by atoms with E-state index >= 15 is 0 Å². The molecule has 0 saturated heterocycles. The van der Waals surface area contributed by atoms with E-state index in [0.717, 1.165) is 23.5 Å². The zero-order chi connectivity index (χ0) is 11.8. The molecule has 0 unspecified atom stereocenters. The smallest absolute Gasteiger partial charge is 0.183 e. The van der Waals surface area contributed by atoms with Crippen LogP contribution < -0.4 is 5.32 Å². The Morgan fingerprint density at radius 2 is 2.00 bits per heavy atom. The minimum absolute atomic E-state index is 0.741. The maximum atomic E-state index is 4.10. The van der Waals surface area contributed by atoms with Crippen LogP contribution in [0.5, 0.6) is 0 Å². The highest BCUT2D eigenvalue weighted by atomic mass is 32.2. The van der Waals surface area contributed by atoms with Crippen LogP contribution >= 0.6 is 11.8 Å². The molecule has 1 aromatic heterocycles. The van der Waals surface area contributed by atoms with Gasteiger partial charge in [0.05, 0.1) is 0 Å². The summed E-state index contributed by atoms with van der Waals surface area (Å²) < 4.78 is 0. The lowest BCUT2D eigenvalue weighted by molar-refractivity contribution is 0.397. The fourth-order valence-electron chi connectivity index (χ4n) is 2.33. The van der Waals surface area contributed by atoms with Crippen LogP contribution in [0.25, 0.3) is 0 Å². The third-order valence-electron chi connectivity index (χ3n) is 3.27. The summed E-state index contributed by atoms with van der Waals surface area (Å²) in [5.74, 6) is 1.06. The van der Waals surface area contributed by atoms with Crippen molar-refractivity contribution in [2.45, 2.75) is 56.1 Å². The quantitative estimate of drug-likeness (QED) is 0.626. The first kappa shape index (κ1) is 12.9. The van der Waals surface area contributed by atoms with Crippen molar-refractivity contribution in [2.24, 2.45) is 0 Å². The van der Waals surface area contributed by atoms with Crippen LogP contribution in [0.3, 0.4) is 0 Å². The number of aromatic amines is 1. The summed E-state index contributed by atoms with van der Waals surface area (Å²) in [7, 11) is 0. The Kier molecular flexibility index (Phi) is 5.85. The van der Waals surface area contributed by atoms with Gasteiger partial charge in [0.15, 0.2) is 5.16 Å². The lowest BCUT2D eigenvalue weighted by Crippen LogP contribution is -2.31. The average molecular weight is 254 g/mol. The van der Waals surface area contributed by atoms with Gasteiger partial charge in [-0.2, -0.15) is 5.10 Å². The van der Waals surface area contributed by atoms with Gasteiger partial charge in [-0.25, -0.2) is 4.98 Å². The maximum Gasteiger partial charge on any atom is 0.183 e. The number of H-pyrrole nitrogens is 1. The van der Waals surface area contributed by atoms with Crippen molar-refractivity contribution in [3.8, 4) is 0 Å². The molecule has 0 bridgehead atoms. The molecule has 0 aromatic carbocycles. The molecule has 17 heavy (non-hydrogen) atoms. The number of hydrogen-bond donors (Lipinski definition) is 2. The highest BCUT2D eigenvalue weighted by molar-refractivity contribution is 7.99. The van der Waals surface area contributed by atoms with Crippen molar-refractivity contribution >= 4 is 11.8 Å². The lowest BCUT2D eigenvalue weighted by Gasteiger charge is -2.20. The first-order chi connectivity index (χ1) is 8.45. The van der Waals surface area contributed by atoms with E-state index in [0.29, 0.717) is 0 Å². The number of thioether (sulfide) groups is 1. The highest BCUT2D eigenvalue weighted by Crippen LogP contribution is 2.17. The van der Waals surface area contributed by atoms with Gasteiger partial charge in [-0.05, 0) is 12.8 Å². The van der Waals surface area contributed by atoms with Crippen molar-refractivity contribution in [3.63, 3.8) is 0 Å². The summed E-state index contributed by atoms with van der Waals surface area (Å²) in [5.41, 5.74) is 0. The molecule has 2 N–H and O–H groups in total. The minimum atomic E-state index is 0.741. The van der Waals surface area contributed by atoms with E-state index in [2.05, 4.69) is 20.5 Å². The van der Waals surface area contributed by atoms with Gasteiger partial charge >= 0.3 is 0 Å². The second-order valence-corrected chi connectivity index (χ2v) is 5.72. The van der Waals surface area contributed by atoms with Crippen molar-refractivity contribution in [2.75, 3.05) is 12.3 Å². The van der Waals surface area contributed by atoms with Gasteiger partial charge in [-0.3, -0.25) is 5.10 Å². The van der Waals surface area contributed by atoms with Crippen molar-refractivity contribution in [3.05, 3.63) is 6.33 Å². The van der Waals surface area contributed by atoms with Crippen LogP contribution in [-0.2, 0) is 0 Å². The number of hydrogen-bond acceptors (Lipinski definition) is 4. The first-order valence-corrected chi connectivity index (χ1v) is 7.65. The summed E-state index contributed by atoms with van der Waals surface area (Å²) >= 11 is 1.73. The van der Waals surface area contributed by atoms with Crippen LogP contribution in [0.15, 0.2) is 11.5 Å². The molecule has 1 heterocycles. The lowest BCUT2D eigenvalue weighted by atomic mass is 9.97. The Bertz CT molecular complexity index is 281. The summed E-state index contributed by atoms with van der Waals surface area (Å²) in [5, 5.41) is 11.3. The summed E-state index contributed by atoms with van der Waals surface area (Å²) in [6, 6.07) is 0.741. The van der Waals surface area contributed by atoms with Gasteiger partial charge in [-0.1, -0.05) is 43.9 Å². The summed E-state index contributed by atoms with van der Waals surface area (Å²) in [6.45, 7) is 1.07. The number of aromatic nitrogens is 3. The Labute approximate surface area is 107 Å². The van der Waals surface area contributed by atoms with Crippen LogP contribution in [0.4, 0.5) is 0 Å².